The van der Waals surface area contributed by atoms with Crippen molar-refractivity contribution >= 4 is 8.45 Å². The maximum atomic E-state index is 6.41. The molecule has 0 atom stereocenters. The van der Waals surface area contributed by atoms with Crippen LogP contribution in [0.4, 0.5) is 0 Å². The van der Waals surface area contributed by atoms with Crippen molar-refractivity contribution in [2.75, 3.05) is 26.2 Å². The third kappa shape index (κ3) is 3.72. The van der Waals surface area contributed by atoms with Crippen LogP contribution in [0, 0.1) is 0 Å². The lowest BCUT2D eigenvalue weighted by molar-refractivity contribution is 0.276. The van der Waals surface area contributed by atoms with Crippen molar-refractivity contribution in [3.8, 4) is 5.75 Å². The predicted molar refractivity (Wildman–Crippen MR) is 84.8 cm³/mol. The second kappa shape index (κ2) is 7.40. The van der Waals surface area contributed by atoms with Crippen LogP contribution in [0.15, 0.2) is 30.3 Å². The van der Waals surface area contributed by atoms with E-state index in [-0.39, 0.29) is 0 Å². The van der Waals surface area contributed by atoms with Gasteiger partial charge < -0.3 is 4.52 Å². The quantitative estimate of drug-likeness (QED) is 0.771. The Morgan fingerprint density at radius 1 is 0.700 bits per heavy atom. The van der Waals surface area contributed by atoms with Gasteiger partial charge in [0.2, 0.25) is 8.45 Å². The number of piperidine rings is 2. The van der Waals surface area contributed by atoms with Crippen LogP contribution in [0.1, 0.15) is 38.5 Å². The summed E-state index contributed by atoms with van der Waals surface area (Å²) in [4.78, 5) is 0. The summed E-state index contributed by atoms with van der Waals surface area (Å²) in [5, 5.41) is 0. The Hall–Kier alpha value is -0.630. The van der Waals surface area contributed by atoms with Gasteiger partial charge in [-0.3, -0.25) is 0 Å². The molecule has 2 fully saturated rings. The van der Waals surface area contributed by atoms with E-state index < -0.39 is 8.45 Å². The van der Waals surface area contributed by atoms with E-state index in [9.17, 15) is 0 Å². The molecule has 0 N–H and O–H groups in total. The first-order valence-electron chi connectivity index (χ1n) is 7.96. The van der Waals surface area contributed by atoms with Gasteiger partial charge in [-0.1, -0.05) is 31.0 Å². The molecule has 2 aliphatic heterocycles. The van der Waals surface area contributed by atoms with Crippen molar-refractivity contribution < 1.29 is 4.52 Å². The first kappa shape index (κ1) is 14.3. The predicted octanol–water partition coefficient (Wildman–Crippen LogP) is 4.26. The van der Waals surface area contributed by atoms with Crippen LogP contribution in [0.25, 0.3) is 0 Å². The lowest BCUT2D eigenvalue weighted by atomic mass is 10.2. The van der Waals surface area contributed by atoms with Crippen molar-refractivity contribution in [1.29, 1.82) is 0 Å². The molecule has 4 heteroatoms. The number of para-hydroxylation sites is 1. The van der Waals surface area contributed by atoms with Gasteiger partial charge in [0.25, 0.3) is 0 Å². The minimum Gasteiger partial charge on any atom is -0.444 e. The molecular weight excluding hydrogens is 267 g/mol. The smallest absolute Gasteiger partial charge is 0.248 e. The highest BCUT2D eigenvalue weighted by atomic mass is 31.2. The second-order valence-electron chi connectivity index (χ2n) is 5.69. The Labute approximate surface area is 123 Å². The zero-order valence-corrected chi connectivity index (χ0v) is 13.1. The zero-order chi connectivity index (χ0) is 13.6. The fraction of sp³-hybridized carbons (Fsp3) is 0.625. The average molecular weight is 292 g/mol. The molecule has 2 saturated heterocycles. The van der Waals surface area contributed by atoms with E-state index in [0.717, 1.165) is 5.75 Å². The molecule has 110 valence electrons. The fourth-order valence-electron chi connectivity index (χ4n) is 2.97. The summed E-state index contributed by atoms with van der Waals surface area (Å²) in [6, 6.07) is 10.4. The van der Waals surface area contributed by atoms with E-state index in [4.69, 9.17) is 4.52 Å². The summed E-state index contributed by atoms with van der Waals surface area (Å²) in [7, 11) is -0.607. The summed E-state index contributed by atoms with van der Waals surface area (Å²) in [5.41, 5.74) is 0. The third-order valence-corrected chi connectivity index (χ3v) is 6.22. The number of benzene rings is 1. The molecule has 1 aromatic carbocycles. The standard InChI is InChI=1S/C16H25N2OP/c1-4-10-16(11-5-1)19-20(17-12-6-2-7-13-17)18-14-8-3-9-15-18/h1,4-5,10-11H,2-3,6-9,12-15H2. The van der Waals surface area contributed by atoms with Crippen molar-refractivity contribution in [2.45, 2.75) is 38.5 Å². The summed E-state index contributed by atoms with van der Waals surface area (Å²) in [5.74, 6) is 1.02. The Morgan fingerprint density at radius 3 is 1.70 bits per heavy atom. The number of hydrogen-bond donors (Lipinski definition) is 0. The van der Waals surface area contributed by atoms with Gasteiger partial charge >= 0.3 is 0 Å². The second-order valence-corrected chi connectivity index (χ2v) is 7.51. The molecule has 0 saturated carbocycles. The van der Waals surface area contributed by atoms with Gasteiger partial charge in [-0.15, -0.1) is 0 Å². The van der Waals surface area contributed by atoms with Gasteiger partial charge in [-0.2, -0.15) is 0 Å². The van der Waals surface area contributed by atoms with Gasteiger partial charge in [0, 0.05) is 26.2 Å². The van der Waals surface area contributed by atoms with Crippen LogP contribution in [0.2, 0.25) is 0 Å². The summed E-state index contributed by atoms with van der Waals surface area (Å²) < 4.78 is 11.6. The SMILES string of the molecule is c1ccc(OP(N2CCCCC2)N2CCCCC2)cc1. The summed E-state index contributed by atoms with van der Waals surface area (Å²) in [6.07, 6.45) is 8.06. The molecule has 20 heavy (non-hydrogen) atoms. The third-order valence-electron chi connectivity index (χ3n) is 4.08. The fourth-order valence-corrected chi connectivity index (χ4v) is 5.12. The maximum absolute atomic E-state index is 6.41. The summed E-state index contributed by atoms with van der Waals surface area (Å²) in [6.45, 7) is 4.81. The molecule has 0 amide bonds. The summed E-state index contributed by atoms with van der Waals surface area (Å²) >= 11 is 0. The van der Waals surface area contributed by atoms with E-state index in [0.29, 0.717) is 0 Å². The van der Waals surface area contributed by atoms with Crippen molar-refractivity contribution in [3.63, 3.8) is 0 Å². The molecule has 0 aromatic heterocycles. The van der Waals surface area contributed by atoms with Crippen LogP contribution in [0.3, 0.4) is 0 Å². The molecule has 2 heterocycles. The topological polar surface area (TPSA) is 15.7 Å². The minimum absolute atomic E-state index is 0.607. The van der Waals surface area contributed by atoms with E-state index in [1.165, 1.54) is 64.7 Å². The molecule has 0 unspecified atom stereocenters. The molecule has 0 spiro atoms. The number of nitrogens with zero attached hydrogens (tertiary/aromatic N) is 2. The van der Waals surface area contributed by atoms with Crippen LogP contribution in [-0.4, -0.2) is 35.5 Å². The highest BCUT2D eigenvalue weighted by Crippen LogP contribution is 2.48. The molecule has 3 nitrogen and oxygen atoms in total. The molecule has 0 radical (unpaired) electrons. The number of hydrogen-bond acceptors (Lipinski definition) is 3. The van der Waals surface area contributed by atoms with Crippen LogP contribution >= 0.6 is 8.45 Å². The Balaban J connectivity index is 1.71. The monoisotopic (exact) mass is 292 g/mol. The first-order chi connectivity index (χ1) is 9.93. The van der Waals surface area contributed by atoms with E-state index in [2.05, 4.69) is 39.7 Å². The van der Waals surface area contributed by atoms with Crippen molar-refractivity contribution in [1.82, 2.24) is 9.34 Å². The molecule has 0 aliphatic carbocycles. The van der Waals surface area contributed by atoms with Gasteiger partial charge in [-0.05, 0) is 37.8 Å². The average Bonchev–Trinajstić information content (AvgIpc) is 2.55. The Morgan fingerprint density at radius 2 is 1.20 bits per heavy atom. The van der Waals surface area contributed by atoms with E-state index in [1.807, 2.05) is 0 Å². The van der Waals surface area contributed by atoms with E-state index >= 15 is 0 Å². The van der Waals surface area contributed by atoms with E-state index in [1.54, 1.807) is 0 Å². The first-order valence-corrected chi connectivity index (χ1v) is 9.13. The van der Waals surface area contributed by atoms with Gasteiger partial charge in [0.05, 0.1) is 0 Å². The van der Waals surface area contributed by atoms with Crippen LogP contribution in [0.5, 0.6) is 5.75 Å². The van der Waals surface area contributed by atoms with Crippen LogP contribution in [-0.2, 0) is 0 Å². The van der Waals surface area contributed by atoms with Gasteiger partial charge in [0.1, 0.15) is 5.75 Å². The normalized spacial score (nSPS) is 22.1. The highest BCUT2D eigenvalue weighted by Gasteiger charge is 2.30. The van der Waals surface area contributed by atoms with Gasteiger partial charge in [-0.25, -0.2) is 9.34 Å². The van der Waals surface area contributed by atoms with Gasteiger partial charge in [0.15, 0.2) is 0 Å². The van der Waals surface area contributed by atoms with Crippen molar-refractivity contribution in [3.05, 3.63) is 30.3 Å². The molecule has 0 bridgehead atoms. The largest absolute Gasteiger partial charge is 0.444 e. The Bertz CT molecular complexity index is 371. The molecule has 1 aromatic rings. The molecule has 2 aliphatic rings. The molecular formula is C16H25N2OP. The minimum atomic E-state index is -0.607. The highest BCUT2D eigenvalue weighted by molar-refractivity contribution is 7.47. The zero-order valence-electron chi connectivity index (χ0n) is 12.2. The van der Waals surface area contributed by atoms with Crippen molar-refractivity contribution in [2.24, 2.45) is 0 Å². The Kier molecular flexibility index (Phi) is 5.30. The molecule has 3 rings (SSSR count). The maximum Gasteiger partial charge on any atom is 0.248 e. The lowest BCUT2D eigenvalue weighted by Crippen LogP contribution is -2.36. The number of rotatable bonds is 4. The lowest BCUT2D eigenvalue weighted by Gasteiger charge is -2.40. The van der Waals surface area contributed by atoms with Crippen LogP contribution < -0.4 is 4.52 Å².